The van der Waals surface area contributed by atoms with Crippen molar-refractivity contribution in [1.82, 2.24) is 4.57 Å². The van der Waals surface area contributed by atoms with Gasteiger partial charge in [0, 0.05) is 0 Å². The number of ether oxygens (including phenoxy) is 3. The monoisotopic (exact) mass is 598 g/mol. The number of hydrogen-bond acceptors (Lipinski definition) is 8. The minimum Gasteiger partial charge on any atom is -0.493 e. The Bertz CT molecular complexity index is 1900. The molecule has 1 aliphatic heterocycles. The molecule has 0 saturated carbocycles. The van der Waals surface area contributed by atoms with Gasteiger partial charge in [0.15, 0.2) is 16.3 Å². The van der Waals surface area contributed by atoms with Crippen molar-refractivity contribution in [3.8, 4) is 11.5 Å². The van der Waals surface area contributed by atoms with E-state index in [9.17, 15) is 14.4 Å². The number of hydrogen-bond donors (Lipinski definition) is 1. The number of allylic oxidation sites excluding steroid dienone is 1. The van der Waals surface area contributed by atoms with Gasteiger partial charge in [0.2, 0.25) is 0 Å². The van der Waals surface area contributed by atoms with Crippen molar-refractivity contribution in [2.75, 3.05) is 13.7 Å². The van der Waals surface area contributed by atoms with E-state index >= 15 is 0 Å². The number of carboxylic acids is 1. The first-order valence-electron chi connectivity index (χ1n) is 13.6. The SMILES string of the molecule is CCOC(=O)C1=C(C)N=c2s/c(=C/c3ccc(OCc4ccc(C(=O)O)cc4)c(OC)c3)c(=O)n2[C@H]1c1ccc(C)cc1. The van der Waals surface area contributed by atoms with E-state index in [1.807, 2.05) is 37.3 Å². The Balaban J connectivity index is 1.50. The van der Waals surface area contributed by atoms with E-state index < -0.39 is 18.0 Å². The third kappa shape index (κ3) is 6.14. The molecule has 0 fully saturated rings. The first-order valence-corrected chi connectivity index (χ1v) is 14.4. The largest absolute Gasteiger partial charge is 0.493 e. The highest BCUT2D eigenvalue weighted by molar-refractivity contribution is 7.07. The molecule has 1 atom stereocenters. The summed E-state index contributed by atoms with van der Waals surface area (Å²) >= 11 is 1.25. The normalized spacial score (nSPS) is 14.6. The van der Waals surface area contributed by atoms with Crippen molar-refractivity contribution < 1.29 is 28.9 Å². The van der Waals surface area contributed by atoms with Gasteiger partial charge in [-0.1, -0.05) is 59.4 Å². The molecule has 5 rings (SSSR count). The van der Waals surface area contributed by atoms with Gasteiger partial charge in [-0.3, -0.25) is 9.36 Å². The van der Waals surface area contributed by atoms with Crippen LogP contribution in [0.15, 0.2) is 87.8 Å². The van der Waals surface area contributed by atoms with Gasteiger partial charge in [0.05, 0.1) is 41.1 Å². The lowest BCUT2D eigenvalue weighted by Gasteiger charge is -2.24. The number of carbonyl (C=O) groups excluding carboxylic acids is 1. The van der Waals surface area contributed by atoms with E-state index in [1.54, 1.807) is 48.8 Å². The summed E-state index contributed by atoms with van der Waals surface area (Å²) in [6.07, 6.45) is 1.76. The number of fused-ring (bicyclic) bond motifs is 1. The number of rotatable bonds is 9. The molecule has 0 saturated heterocycles. The van der Waals surface area contributed by atoms with E-state index in [-0.39, 0.29) is 24.3 Å². The van der Waals surface area contributed by atoms with E-state index in [0.717, 1.165) is 16.7 Å². The highest BCUT2D eigenvalue weighted by Gasteiger charge is 2.33. The lowest BCUT2D eigenvalue weighted by Crippen LogP contribution is -2.39. The zero-order valence-corrected chi connectivity index (χ0v) is 24.9. The number of aryl methyl sites for hydroxylation is 1. The summed E-state index contributed by atoms with van der Waals surface area (Å²) in [7, 11) is 1.53. The highest BCUT2D eigenvalue weighted by Crippen LogP contribution is 2.31. The quantitative estimate of drug-likeness (QED) is 0.284. The summed E-state index contributed by atoms with van der Waals surface area (Å²) in [6.45, 7) is 5.90. The number of esters is 1. The molecule has 0 amide bonds. The van der Waals surface area contributed by atoms with Gasteiger partial charge < -0.3 is 19.3 Å². The van der Waals surface area contributed by atoms with Crippen LogP contribution in [0.4, 0.5) is 0 Å². The van der Waals surface area contributed by atoms with Crippen molar-refractivity contribution in [1.29, 1.82) is 0 Å². The summed E-state index contributed by atoms with van der Waals surface area (Å²) in [5, 5.41) is 9.09. The lowest BCUT2D eigenvalue weighted by atomic mass is 9.95. The van der Waals surface area contributed by atoms with E-state index in [1.165, 1.54) is 30.6 Å². The predicted molar refractivity (Wildman–Crippen MR) is 162 cm³/mol. The van der Waals surface area contributed by atoms with Crippen LogP contribution in [-0.4, -0.2) is 35.3 Å². The first-order chi connectivity index (χ1) is 20.7. The average molecular weight is 599 g/mol. The number of carboxylic acid groups (broad SMARTS) is 1. The van der Waals surface area contributed by atoms with Gasteiger partial charge in [-0.15, -0.1) is 0 Å². The van der Waals surface area contributed by atoms with Crippen LogP contribution < -0.4 is 24.4 Å². The van der Waals surface area contributed by atoms with Crippen molar-refractivity contribution in [2.45, 2.75) is 33.4 Å². The van der Waals surface area contributed by atoms with Gasteiger partial charge in [-0.2, -0.15) is 0 Å². The van der Waals surface area contributed by atoms with E-state index in [4.69, 9.17) is 19.3 Å². The molecule has 0 radical (unpaired) electrons. The number of methoxy groups -OCH3 is 1. The van der Waals surface area contributed by atoms with Crippen LogP contribution in [0.25, 0.3) is 6.08 Å². The van der Waals surface area contributed by atoms with Crippen molar-refractivity contribution in [3.63, 3.8) is 0 Å². The van der Waals surface area contributed by atoms with Crippen LogP contribution in [0.5, 0.6) is 11.5 Å². The maximum atomic E-state index is 13.9. The summed E-state index contributed by atoms with van der Waals surface area (Å²) in [6, 6.07) is 18.8. The molecule has 9 nitrogen and oxygen atoms in total. The minimum absolute atomic E-state index is 0.202. The molecule has 220 valence electrons. The summed E-state index contributed by atoms with van der Waals surface area (Å²) in [5.74, 6) is -0.515. The topological polar surface area (TPSA) is 116 Å². The second kappa shape index (κ2) is 12.5. The van der Waals surface area contributed by atoms with Crippen molar-refractivity contribution in [3.05, 3.63) is 126 Å². The molecule has 10 heteroatoms. The molecule has 0 aliphatic carbocycles. The molecule has 1 aliphatic rings. The fourth-order valence-corrected chi connectivity index (χ4v) is 5.85. The van der Waals surface area contributed by atoms with E-state index in [0.29, 0.717) is 37.7 Å². The fourth-order valence-electron chi connectivity index (χ4n) is 4.80. The predicted octanol–water partition coefficient (Wildman–Crippen LogP) is 4.39. The van der Waals surface area contributed by atoms with Gasteiger partial charge in [0.1, 0.15) is 6.61 Å². The molecule has 0 spiro atoms. The van der Waals surface area contributed by atoms with Gasteiger partial charge in [-0.25, -0.2) is 14.6 Å². The van der Waals surface area contributed by atoms with Crippen molar-refractivity contribution in [2.24, 2.45) is 4.99 Å². The van der Waals surface area contributed by atoms with Crippen LogP contribution in [-0.2, 0) is 16.1 Å². The molecule has 3 aromatic carbocycles. The fraction of sp³-hybridized carbons (Fsp3) is 0.212. The molecule has 4 aromatic rings. The summed E-state index contributed by atoms with van der Waals surface area (Å²) in [4.78, 5) is 43.1. The van der Waals surface area contributed by atoms with Crippen LogP contribution >= 0.6 is 11.3 Å². The Morgan fingerprint density at radius 1 is 1.02 bits per heavy atom. The van der Waals surface area contributed by atoms with Crippen LogP contribution in [0.3, 0.4) is 0 Å². The summed E-state index contributed by atoms with van der Waals surface area (Å²) in [5.41, 5.74) is 4.15. The summed E-state index contributed by atoms with van der Waals surface area (Å²) < 4.78 is 18.9. The lowest BCUT2D eigenvalue weighted by molar-refractivity contribution is -0.139. The minimum atomic E-state index is -0.989. The molecule has 0 bridgehead atoms. The Morgan fingerprint density at radius 3 is 2.40 bits per heavy atom. The number of aromatic nitrogens is 1. The Hall–Kier alpha value is -4.96. The number of thiazole rings is 1. The molecular weight excluding hydrogens is 568 g/mol. The smallest absolute Gasteiger partial charge is 0.338 e. The number of aromatic carboxylic acids is 1. The second-order valence-electron chi connectivity index (χ2n) is 9.91. The maximum Gasteiger partial charge on any atom is 0.338 e. The van der Waals surface area contributed by atoms with Crippen molar-refractivity contribution >= 4 is 29.4 Å². The van der Waals surface area contributed by atoms with Gasteiger partial charge in [-0.05, 0) is 67.8 Å². The van der Waals surface area contributed by atoms with Gasteiger partial charge >= 0.3 is 11.9 Å². The average Bonchev–Trinajstić information content (AvgIpc) is 3.30. The highest BCUT2D eigenvalue weighted by atomic mass is 32.1. The first kappa shape index (κ1) is 29.5. The molecule has 1 aromatic heterocycles. The van der Waals surface area contributed by atoms with Crippen LogP contribution in [0, 0.1) is 6.92 Å². The molecular formula is C33H30N2O7S. The Labute approximate surface area is 251 Å². The van der Waals surface area contributed by atoms with Gasteiger partial charge in [0.25, 0.3) is 5.56 Å². The van der Waals surface area contributed by atoms with Crippen LogP contribution in [0.1, 0.15) is 52.5 Å². The Morgan fingerprint density at radius 2 is 1.74 bits per heavy atom. The number of benzene rings is 3. The second-order valence-corrected chi connectivity index (χ2v) is 10.9. The molecule has 1 N–H and O–H groups in total. The standard InChI is InChI=1S/C33H30N2O7S/c1-5-41-32(39)28-20(3)34-33-35(29(28)23-11-6-19(2)7-12-23)30(36)27(43-33)17-22-10-15-25(26(16-22)40-4)42-18-21-8-13-24(14-9-21)31(37)38/h6-17,29H,5,18H2,1-4H3,(H,37,38)/b27-17+/t29-/m0/s1. The zero-order chi connectivity index (χ0) is 30.7. The van der Waals surface area contributed by atoms with Crippen LogP contribution in [0.2, 0.25) is 0 Å². The molecule has 2 heterocycles. The molecule has 0 unspecified atom stereocenters. The number of nitrogens with zero attached hydrogens (tertiary/aromatic N) is 2. The zero-order valence-electron chi connectivity index (χ0n) is 24.1. The number of carbonyl (C=O) groups is 2. The molecule has 43 heavy (non-hydrogen) atoms. The van der Waals surface area contributed by atoms with E-state index in [2.05, 4.69) is 4.99 Å². The maximum absolute atomic E-state index is 13.9. The third-order valence-electron chi connectivity index (χ3n) is 6.99. The third-order valence-corrected chi connectivity index (χ3v) is 7.97. The Kier molecular flexibility index (Phi) is 8.58.